The summed E-state index contributed by atoms with van der Waals surface area (Å²) >= 11 is 0. The van der Waals surface area contributed by atoms with Gasteiger partial charge in [0.2, 0.25) is 0 Å². The maximum atomic E-state index is 12.9. The second-order valence-electron chi connectivity index (χ2n) is 3.71. The van der Waals surface area contributed by atoms with Gasteiger partial charge in [-0.25, -0.2) is 8.78 Å². The maximum absolute atomic E-state index is 12.9. The quantitative estimate of drug-likeness (QED) is 0.858. The van der Waals surface area contributed by atoms with Crippen molar-refractivity contribution in [1.82, 2.24) is 9.78 Å². The average molecular weight is 238 g/mol. The van der Waals surface area contributed by atoms with E-state index < -0.39 is 11.6 Å². The fraction of sp³-hybridized carbons (Fsp3) is 0.182. The number of halogens is 2. The summed E-state index contributed by atoms with van der Waals surface area (Å²) < 4.78 is 27.2. The molecule has 0 aliphatic heterocycles. The lowest BCUT2D eigenvalue weighted by Gasteiger charge is -2.04. The topological polar surface area (TPSA) is 55.9 Å². The summed E-state index contributed by atoms with van der Waals surface area (Å²) in [5, 5.41) is 7.03. The summed E-state index contributed by atoms with van der Waals surface area (Å²) in [6.45, 7) is 0.332. The molecule has 17 heavy (non-hydrogen) atoms. The van der Waals surface area contributed by atoms with Crippen LogP contribution < -0.4 is 11.1 Å². The van der Waals surface area contributed by atoms with E-state index in [1.807, 2.05) is 0 Å². The number of aryl methyl sites for hydroxylation is 1. The van der Waals surface area contributed by atoms with Gasteiger partial charge >= 0.3 is 0 Å². The number of anilines is 2. The molecule has 0 aliphatic carbocycles. The van der Waals surface area contributed by atoms with Crippen LogP contribution in [0.2, 0.25) is 0 Å². The molecular formula is C11H12F2N4. The summed E-state index contributed by atoms with van der Waals surface area (Å²) in [7, 11) is 1.75. The molecule has 0 spiro atoms. The Kier molecular flexibility index (Phi) is 2.95. The Morgan fingerprint density at radius 2 is 2.12 bits per heavy atom. The van der Waals surface area contributed by atoms with Crippen LogP contribution in [-0.2, 0) is 13.6 Å². The molecule has 1 aromatic carbocycles. The van der Waals surface area contributed by atoms with Crippen molar-refractivity contribution in [2.45, 2.75) is 6.54 Å². The summed E-state index contributed by atoms with van der Waals surface area (Å²) in [5.74, 6) is -1.19. The van der Waals surface area contributed by atoms with Gasteiger partial charge < -0.3 is 11.1 Å². The number of nitrogens with two attached hydrogens (primary N) is 1. The third kappa shape index (κ3) is 2.52. The molecule has 1 heterocycles. The van der Waals surface area contributed by atoms with Crippen LogP contribution in [0.5, 0.6) is 0 Å². The van der Waals surface area contributed by atoms with Crippen LogP contribution in [0.4, 0.5) is 20.3 Å². The van der Waals surface area contributed by atoms with Gasteiger partial charge in [0.05, 0.1) is 5.69 Å². The van der Waals surface area contributed by atoms with Gasteiger partial charge in [-0.1, -0.05) is 6.07 Å². The average Bonchev–Trinajstić information content (AvgIpc) is 2.59. The number of benzene rings is 1. The fourth-order valence-electron chi connectivity index (χ4n) is 1.48. The highest BCUT2D eigenvalue weighted by Gasteiger charge is 2.05. The van der Waals surface area contributed by atoms with Crippen molar-refractivity contribution in [3.63, 3.8) is 0 Å². The van der Waals surface area contributed by atoms with Crippen LogP contribution in [0.1, 0.15) is 5.56 Å². The maximum Gasteiger partial charge on any atom is 0.171 e. The van der Waals surface area contributed by atoms with E-state index in [2.05, 4.69) is 10.4 Å². The van der Waals surface area contributed by atoms with E-state index in [0.717, 1.165) is 12.1 Å². The Bertz CT molecular complexity index is 536. The van der Waals surface area contributed by atoms with E-state index >= 15 is 0 Å². The summed E-state index contributed by atoms with van der Waals surface area (Å²) in [5.41, 5.74) is 6.81. The lowest BCUT2D eigenvalue weighted by atomic mass is 10.2. The SMILES string of the molecule is Cn1cc(N)c(NCc2ccc(F)c(F)c2)n1. The molecule has 0 amide bonds. The largest absolute Gasteiger partial charge is 0.394 e. The van der Waals surface area contributed by atoms with Crippen LogP contribution >= 0.6 is 0 Å². The number of hydrogen-bond donors (Lipinski definition) is 2. The van der Waals surface area contributed by atoms with Gasteiger partial charge in [0.1, 0.15) is 0 Å². The summed E-state index contributed by atoms with van der Waals surface area (Å²) in [4.78, 5) is 0. The highest BCUT2D eigenvalue weighted by molar-refractivity contribution is 5.59. The lowest BCUT2D eigenvalue weighted by molar-refractivity contribution is 0.507. The summed E-state index contributed by atoms with van der Waals surface area (Å²) in [6, 6.07) is 3.74. The van der Waals surface area contributed by atoms with Crippen LogP contribution in [0.25, 0.3) is 0 Å². The van der Waals surface area contributed by atoms with E-state index in [1.165, 1.54) is 6.07 Å². The first-order valence-electron chi connectivity index (χ1n) is 5.03. The Balaban J connectivity index is 2.07. The van der Waals surface area contributed by atoms with Gasteiger partial charge in [-0.15, -0.1) is 0 Å². The third-order valence-corrected chi connectivity index (χ3v) is 2.30. The fourth-order valence-corrected chi connectivity index (χ4v) is 1.48. The highest BCUT2D eigenvalue weighted by Crippen LogP contribution is 2.16. The normalized spacial score (nSPS) is 10.5. The van der Waals surface area contributed by atoms with Crippen molar-refractivity contribution in [1.29, 1.82) is 0 Å². The molecule has 0 radical (unpaired) electrons. The smallest absolute Gasteiger partial charge is 0.171 e. The second kappa shape index (κ2) is 4.40. The number of nitrogens with one attached hydrogen (secondary N) is 1. The van der Waals surface area contributed by atoms with Crippen LogP contribution in [0.3, 0.4) is 0 Å². The molecular weight excluding hydrogens is 226 g/mol. The Labute approximate surface area is 97.0 Å². The molecule has 0 bridgehead atoms. The van der Waals surface area contributed by atoms with Crippen molar-refractivity contribution in [2.75, 3.05) is 11.1 Å². The van der Waals surface area contributed by atoms with E-state index in [-0.39, 0.29) is 0 Å². The van der Waals surface area contributed by atoms with Crippen molar-refractivity contribution >= 4 is 11.5 Å². The monoisotopic (exact) mass is 238 g/mol. The molecule has 4 nitrogen and oxygen atoms in total. The van der Waals surface area contributed by atoms with Gasteiger partial charge in [0.15, 0.2) is 17.5 Å². The Morgan fingerprint density at radius 3 is 2.71 bits per heavy atom. The minimum Gasteiger partial charge on any atom is -0.394 e. The molecule has 90 valence electrons. The van der Waals surface area contributed by atoms with Crippen molar-refractivity contribution in [3.05, 3.63) is 41.6 Å². The first-order chi connectivity index (χ1) is 8.06. The first-order valence-corrected chi connectivity index (χ1v) is 5.03. The zero-order valence-corrected chi connectivity index (χ0v) is 9.24. The summed E-state index contributed by atoms with van der Waals surface area (Å²) in [6.07, 6.45) is 1.66. The molecule has 2 aromatic rings. The molecule has 6 heteroatoms. The molecule has 0 saturated heterocycles. The molecule has 0 fully saturated rings. The van der Waals surface area contributed by atoms with Gasteiger partial charge in [0.25, 0.3) is 0 Å². The molecule has 0 unspecified atom stereocenters. The van der Waals surface area contributed by atoms with Crippen LogP contribution in [-0.4, -0.2) is 9.78 Å². The zero-order chi connectivity index (χ0) is 12.4. The molecule has 1 aromatic heterocycles. The van der Waals surface area contributed by atoms with E-state index in [1.54, 1.807) is 17.9 Å². The van der Waals surface area contributed by atoms with E-state index in [0.29, 0.717) is 23.6 Å². The van der Waals surface area contributed by atoms with Crippen molar-refractivity contribution in [3.8, 4) is 0 Å². The minimum absolute atomic E-state index is 0.332. The van der Waals surface area contributed by atoms with Crippen LogP contribution in [0, 0.1) is 11.6 Å². The second-order valence-corrected chi connectivity index (χ2v) is 3.71. The van der Waals surface area contributed by atoms with E-state index in [4.69, 9.17) is 5.73 Å². The molecule has 3 N–H and O–H groups in total. The molecule has 2 rings (SSSR count). The van der Waals surface area contributed by atoms with Crippen LogP contribution in [0.15, 0.2) is 24.4 Å². The van der Waals surface area contributed by atoms with Gasteiger partial charge in [-0.3, -0.25) is 4.68 Å². The lowest BCUT2D eigenvalue weighted by Crippen LogP contribution is -2.03. The predicted octanol–water partition coefficient (Wildman–Crippen LogP) is 1.89. The Morgan fingerprint density at radius 1 is 1.35 bits per heavy atom. The third-order valence-electron chi connectivity index (χ3n) is 2.30. The highest BCUT2D eigenvalue weighted by atomic mass is 19.2. The molecule has 0 saturated carbocycles. The number of nitrogens with zero attached hydrogens (tertiary/aromatic N) is 2. The minimum atomic E-state index is -0.863. The Hall–Kier alpha value is -2.11. The molecule has 0 aliphatic rings. The van der Waals surface area contributed by atoms with Gasteiger partial charge in [-0.2, -0.15) is 5.10 Å². The standard InChI is InChI=1S/C11H12F2N4/c1-17-6-10(14)11(16-17)15-5-7-2-3-8(12)9(13)4-7/h2-4,6H,5,14H2,1H3,(H,15,16). The van der Waals surface area contributed by atoms with Crippen molar-refractivity contribution in [2.24, 2.45) is 7.05 Å². The number of nitrogen functional groups attached to an aromatic ring is 1. The number of rotatable bonds is 3. The van der Waals surface area contributed by atoms with Crippen molar-refractivity contribution < 1.29 is 8.78 Å². The first kappa shape index (κ1) is 11.4. The predicted molar refractivity (Wildman–Crippen MR) is 61.3 cm³/mol. The molecule has 0 atom stereocenters. The van der Waals surface area contributed by atoms with Gasteiger partial charge in [-0.05, 0) is 17.7 Å². The number of aromatic nitrogens is 2. The zero-order valence-electron chi connectivity index (χ0n) is 9.24. The number of hydrogen-bond acceptors (Lipinski definition) is 3. The van der Waals surface area contributed by atoms with E-state index in [9.17, 15) is 8.78 Å². The van der Waals surface area contributed by atoms with Gasteiger partial charge in [0, 0.05) is 19.8 Å².